The first-order chi connectivity index (χ1) is 14.3. The Bertz CT molecular complexity index is 463. The zero-order valence-corrected chi connectivity index (χ0v) is 19.0. The second-order valence-electron chi connectivity index (χ2n) is 10.0. The number of esters is 1. The number of fused-ring (bicyclic) bond motifs is 2. The van der Waals surface area contributed by atoms with Crippen molar-refractivity contribution in [2.45, 2.75) is 135 Å². The van der Waals surface area contributed by atoms with Crippen LogP contribution in [0.15, 0.2) is 0 Å². The Kier molecular flexibility index (Phi) is 10.3. The third-order valence-corrected chi connectivity index (χ3v) is 7.69. The van der Waals surface area contributed by atoms with Crippen molar-refractivity contribution in [1.29, 1.82) is 0 Å². The maximum absolute atomic E-state index is 12.4. The summed E-state index contributed by atoms with van der Waals surface area (Å²) in [5, 5.41) is 0. The number of unbranched alkanes of at least 4 members (excludes halogenated alkanes) is 14. The first kappa shape index (κ1) is 23.1. The summed E-state index contributed by atoms with van der Waals surface area (Å²) in [6.07, 6.45) is 24.8. The first-order valence-corrected chi connectivity index (χ1v) is 13.1. The van der Waals surface area contributed by atoms with Crippen molar-refractivity contribution < 1.29 is 14.3 Å². The number of hydrogen-bond donors (Lipinski definition) is 0. The second-order valence-corrected chi connectivity index (χ2v) is 10.0. The SMILES string of the molecule is CCCCCCCCCCCCCCCCCOC(=O)C1CC2CCC1C1OC21. The fourth-order valence-electron chi connectivity index (χ4n) is 5.80. The van der Waals surface area contributed by atoms with Gasteiger partial charge < -0.3 is 9.47 Å². The Morgan fingerprint density at radius 3 is 1.86 bits per heavy atom. The standard InChI is InChI=1S/C26H46O3/c1-2-3-4-5-6-7-8-9-10-11-12-13-14-15-16-19-28-26(27)23-20-21-17-18-22(23)25-24(21)29-25/h21-25H,2-20H2,1H3. The summed E-state index contributed by atoms with van der Waals surface area (Å²) in [4.78, 5) is 12.4. The lowest BCUT2D eigenvalue weighted by Crippen LogP contribution is -2.42. The van der Waals surface area contributed by atoms with Gasteiger partial charge in [-0.1, -0.05) is 96.8 Å². The summed E-state index contributed by atoms with van der Waals surface area (Å²) in [7, 11) is 0. The highest BCUT2D eigenvalue weighted by atomic mass is 16.6. The van der Waals surface area contributed by atoms with Crippen LogP contribution in [0.25, 0.3) is 0 Å². The van der Waals surface area contributed by atoms with Gasteiger partial charge in [0.25, 0.3) is 0 Å². The number of carbonyl (C=O) groups is 1. The van der Waals surface area contributed by atoms with E-state index in [1.165, 1.54) is 103 Å². The van der Waals surface area contributed by atoms with E-state index in [0.717, 1.165) is 12.8 Å². The van der Waals surface area contributed by atoms with Gasteiger partial charge in [0.15, 0.2) is 0 Å². The Morgan fingerprint density at radius 2 is 1.31 bits per heavy atom. The molecule has 0 amide bonds. The molecule has 4 fully saturated rings. The van der Waals surface area contributed by atoms with Gasteiger partial charge in [-0.05, 0) is 31.6 Å². The first-order valence-electron chi connectivity index (χ1n) is 13.1. The van der Waals surface area contributed by atoms with Crippen molar-refractivity contribution in [1.82, 2.24) is 0 Å². The van der Waals surface area contributed by atoms with Gasteiger partial charge in [-0.3, -0.25) is 4.79 Å². The maximum Gasteiger partial charge on any atom is 0.309 e. The molecule has 3 heteroatoms. The molecule has 2 bridgehead atoms. The van der Waals surface area contributed by atoms with Crippen molar-refractivity contribution in [3.8, 4) is 0 Å². The molecule has 5 atom stereocenters. The average Bonchev–Trinajstić information content (AvgIpc) is 3.56. The summed E-state index contributed by atoms with van der Waals surface area (Å²) < 4.78 is 11.4. The van der Waals surface area contributed by atoms with Crippen molar-refractivity contribution in [3.05, 3.63) is 0 Å². The molecule has 0 aromatic heterocycles. The van der Waals surface area contributed by atoms with Gasteiger partial charge in [-0.25, -0.2) is 0 Å². The van der Waals surface area contributed by atoms with E-state index in [2.05, 4.69) is 6.92 Å². The Hall–Kier alpha value is -0.570. The minimum atomic E-state index is 0.0685. The molecular formula is C26H46O3. The fourth-order valence-corrected chi connectivity index (χ4v) is 5.80. The molecular weight excluding hydrogens is 360 g/mol. The molecule has 5 unspecified atom stereocenters. The summed E-state index contributed by atoms with van der Waals surface area (Å²) >= 11 is 0. The maximum atomic E-state index is 12.4. The Morgan fingerprint density at radius 1 is 0.759 bits per heavy atom. The van der Waals surface area contributed by atoms with Crippen molar-refractivity contribution in [2.24, 2.45) is 17.8 Å². The molecule has 3 aliphatic carbocycles. The highest BCUT2D eigenvalue weighted by Gasteiger charge is 2.60. The van der Waals surface area contributed by atoms with Crippen LogP contribution in [0, 0.1) is 17.8 Å². The molecule has 0 N–H and O–H groups in total. The van der Waals surface area contributed by atoms with Gasteiger partial charge in [0.05, 0.1) is 24.7 Å². The predicted molar refractivity (Wildman–Crippen MR) is 119 cm³/mol. The largest absolute Gasteiger partial charge is 0.465 e. The highest BCUT2D eigenvalue weighted by molar-refractivity contribution is 5.73. The number of epoxide rings is 1. The number of rotatable bonds is 17. The fraction of sp³-hybridized carbons (Fsp3) is 0.962. The monoisotopic (exact) mass is 406 g/mol. The quantitative estimate of drug-likeness (QED) is 0.145. The average molecular weight is 407 g/mol. The van der Waals surface area contributed by atoms with Crippen molar-refractivity contribution in [3.63, 3.8) is 0 Å². The molecule has 4 aliphatic rings. The normalized spacial score (nSPS) is 29.6. The zero-order chi connectivity index (χ0) is 20.3. The third kappa shape index (κ3) is 7.56. The lowest BCUT2D eigenvalue weighted by molar-refractivity contribution is -0.153. The van der Waals surface area contributed by atoms with Crippen LogP contribution in [0.2, 0.25) is 0 Å². The molecule has 1 saturated heterocycles. The van der Waals surface area contributed by atoms with Crippen LogP contribution in [0.5, 0.6) is 0 Å². The van der Waals surface area contributed by atoms with E-state index in [1.54, 1.807) is 0 Å². The van der Waals surface area contributed by atoms with E-state index in [-0.39, 0.29) is 11.9 Å². The summed E-state index contributed by atoms with van der Waals surface area (Å²) in [5.74, 6) is 1.29. The van der Waals surface area contributed by atoms with Crippen molar-refractivity contribution in [2.75, 3.05) is 6.61 Å². The second kappa shape index (κ2) is 13.0. The van der Waals surface area contributed by atoms with Crippen LogP contribution in [0.4, 0.5) is 0 Å². The summed E-state index contributed by atoms with van der Waals surface area (Å²) in [6, 6.07) is 0. The molecule has 1 aliphatic heterocycles. The molecule has 0 radical (unpaired) electrons. The van der Waals surface area contributed by atoms with E-state index >= 15 is 0 Å². The van der Waals surface area contributed by atoms with Gasteiger partial charge in [0, 0.05) is 5.92 Å². The lowest BCUT2D eigenvalue weighted by Gasteiger charge is -2.37. The summed E-state index contributed by atoms with van der Waals surface area (Å²) in [5.41, 5.74) is 0. The molecule has 3 saturated carbocycles. The van der Waals surface area contributed by atoms with Crippen LogP contribution < -0.4 is 0 Å². The number of ether oxygens (including phenoxy) is 2. The predicted octanol–water partition coefficient (Wildman–Crippen LogP) is 7.21. The Labute approximate surface area is 179 Å². The topological polar surface area (TPSA) is 38.8 Å². The third-order valence-electron chi connectivity index (χ3n) is 7.69. The van der Waals surface area contributed by atoms with Gasteiger partial charge in [0.1, 0.15) is 0 Å². The minimum absolute atomic E-state index is 0.0685. The molecule has 3 nitrogen and oxygen atoms in total. The van der Waals surface area contributed by atoms with Gasteiger partial charge in [0.2, 0.25) is 0 Å². The van der Waals surface area contributed by atoms with E-state index in [4.69, 9.17) is 9.47 Å². The van der Waals surface area contributed by atoms with Gasteiger partial charge in [-0.15, -0.1) is 0 Å². The van der Waals surface area contributed by atoms with Crippen LogP contribution in [0.3, 0.4) is 0 Å². The molecule has 29 heavy (non-hydrogen) atoms. The van der Waals surface area contributed by atoms with E-state index in [0.29, 0.717) is 30.7 Å². The Balaban J connectivity index is 1.05. The minimum Gasteiger partial charge on any atom is -0.465 e. The van der Waals surface area contributed by atoms with Gasteiger partial charge >= 0.3 is 5.97 Å². The van der Waals surface area contributed by atoms with Gasteiger partial charge in [-0.2, -0.15) is 0 Å². The molecule has 0 aromatic rings. The molecule has 4 rings (SSSR count). The van der Waals surface area contributed by atoms with Crippen LogP contribution in [-0.4, -0.2) is 24.8 Å². The lowest BCUT2D eigenvalue weighted by atomic mass is 9.65. The number of carbonyl (C=O) groups excluding carboxylic acids is 1. The highest BCUT2D eigenvalue weighted by Crippen LogP contribution is 2.55. The molecule has 1 heterocycles. The molecule has 0 spiro atoms. The van der Waals surface area contributed by atoms with Crippen LogP contribution in [-0.2, 0) is 14.3 Å². The van der Waals surface area contributed by atoms with Crippen LogP contribution in [0.1, 0.15) is 122 Å². The summed E-state index contributed by atoms with van der Waals surface area (Å²) in [6.45, 7) is 2.91. The van der Waals surface area contributed by atoms with E-state index in [1.807, 2.05) is 0 Å². The zero-order valence-electron chi connectivity index (χ0n) is 19.0. The van der Waals surface area contributed by atoms with Crippen LogP contribution >= 0.6 is 0 Å². The van der Waals surface area contributed by atoms with Crippen molar-refractivity contribution >= 4 is 5.97 Å². The number of hydrogen-bond acceptors (Lipinski definition) is 3. The van der Waals surface area contributed by atoms with E-state index in [9.17, 15) is 4.79 Å². The smallest absolute Gasteiger partial charge is 0.309 e. The van der Waals surface area contributed by atoms with E-state index < -0.39 is 0 Å². The molecule has 168 valence electrons. The molecule has 0 aromatic carbocycles.